The van der Waals surface area contributed by atoms with Gasteiger partial charge >= 0.3 is 0 Å². The number of guanidine groups is 1. The predicted octanol–water partition coefficient (Wildman–Crippen LogP) is 3.45. The highest BCUT2D eigenvalue weighted by molar-refractivity contribution is 14.0. The van der Waals surface area contributed by atoms with Gasteiger partial charge in [0.15, 0.2) is 5.96 Å². The zero-order valence-electron chi connectivity index (χ0n) is 13.4. The lowest BCUT2D eigenvalue weighted by atomic mass is 10.1. The van der Waals surface area contributed by atoms with Crippen LogP contribution in [0.2, 0.25) is 0 Å². The first-order chi connectivity index (χ1) is 9.63. The second kappa shape index (κ2) is 12.2. The molecule has 0 amide bonds. The van der Waals surface area contributed by atoms with Gasteiger partial charge in [-0.25, -0.2) is 0 Å². The van der Waals surface area contributed by atoms with Gasteiger partial charge in [-0.2, -0.15) is 11.3 Å². The zero-order valence-corrected chi connectivity index (χ0v) is 16.5. The van der Waals surface area contributed by atoms with Gasteiger partial charge in [-0.15, -0.1) is 24.0 Å². The van der Waals surface area contributed by atoms with Crippen molar-refractivity contribution in [3.05, 3.63) is 22.4 Å². The highest BCUT2D eigenvalue weighted by Gasteiger charge is 2.06. The van der Waals surface area contributed by atoms with E-state index < -0.39 is 0 Å². The maximum atomic E-state index is 5.51. The highest BCUT2D eigenvalue weighted by atomic mass is 127. The number of nitrogens with zero attached hydrogens (tertiary/aromatic N) is 1. The topological polar surface area (TPSA) is 45.7 Å². The summed E-state index contributed by atoms with van der Waals surface area (Å²) in [4.78, 5) is 4.23. The van der Waals surface area contributed by atoms with E-state index in [-0.39, 0.29) is 24.0 Å². The van der Waals surface area contributed by atoms with Gasteiger partial charge in [0.25, 0.3) is 0 Å². The highest BCUT2D eigenvalue weighted by Crippen LogP contribution is 2.16. The van der Waals surface area contributed by atoms with E-state index in [1.807, 2.05) is 0 Å². The van der Waals surface area contributed by atoms with E-state index in [2.05, 4.69) is 53.2 Å². The molecular formula is C15H28IN3OS. The number of halogens is 1. The van der Waals surface area contributed by atoms with Crippen LogP contribution in [0.25, 0.3) is 0 Å². The minimum absolute atomic E-state index is 0. The monoisotopic (exact) mass is 425 g/mol. The third-order valence-electron chi connectivity index (χ3n) is 2.98. The Morgan fingerprint density at radius 1 is 1.33 bits per heavy atom. The summed E-state index contributed by atoms with van der Waals surface area (Å²) in [5, 5.41) is 11.0. The molecule has 1 heterocycles. The molecule has 21 heavy (non-hydrogen) atoms. The van der Waals surface area contributed by atoms with Crippen LogP contribution in [0.4, 0.5) is 0 Å². The molecule has 6 heteroatoms. The Kier molecular flexibility index (Phi) is 12.0. The summed E-state index contributed by atoms with van der Waals surface area (Å²) >= 11 is 1.74. The maximum Gasteiger partial charge on any atom is 0.190 e. The van der Waals surface area contributed by atoms with Gasteiger partial charge in [-0.05, 0) is 48.6 Å². The summed E-state index contributed by atoms with van der Waals surface area (Å²) in [5.41, 5.74) is 1.38. The van der Waals surface area contributed by atoms with Crippen LogP contribution in [0.1, 0.15) is 38.7 Å². The fourth-order valence-electron chi connectivity index (χ4n) is 1.74. The van der Waals surface area contributed by atoms with E-state index in [0.717, 1.165) is 32.1 Å². The van der Waals surface area contributed by atoms with Crippen molar-refractivity contribution in [2.45, 2.75) is 39.2 Å². The van der Waals surface area contributed by atoms with E-state index in [1.165, 1.54) is 5.56 Å². The van der Waals surface area contributed by atoms with E-state index in [4.69, 9.17) is 4.74 Å². The largest absolute Gasteiger partial charge is 0.379 e. The molecule has 122 valence electrons. The van der Waals surface area contributed by atoms with Crippen molar-refractivity contribution in [2.75, 3.05) is 26.7 Å². The molecule has 0 aliphatic carbocycles. The number of hydrogen-bond acceptors (Lipinski definition) is 3. The summed E-state index contributed by atoms with van der Waals surface area (Å²) in [6, 6.07) is 2.18. The van der Waals surface area contributed by atoms with Gasteiger partial charge in [0.05, 0.1) is 6.10 Å². The molecule has 0 saturated heterocycles. The molecule has 0 spiro atoms. The van der Waals surface area contributed by atoms with Crippen molar-refractivity contribution >= 4 is 41.3 Å². The van der Waals surface area contributed by atoms with Gasteiger partial charge in [0.1, 0.15) is 0 Å². The number of hydrogen-bond donors (Lipinski definition) is 2. The Labute approximate surface area is 149 Å². The Bertz CT molecular complexity index is 382. The minimum Gasteiger partial charge on any atom is -0.379 e. The van der Waals surface area contributed by atoms with E-state index in [1.54, 1.807) is 18.4 Å². The van der Waals surface area contributed by atoms with Gasteiger partial charge in [0, 0.05) is 26.7 Å². The second-order valence-electron chi connectivity index (χ2n) is 5.11. The summed E-state index contributed by atoms with van der Waals surface area (Å²) in [6.07, 6.45) is 1.29. The number of nitrogens with one attached hydrogen (secondary N) is 2. The van der Waals surface area contributed by atoms with Crippen LogP contribution >= 0.6 is 35.3 Å². The first kappa shape index (κ1) is 20.7. The van der Waals surface area contributed by atoms with Crippen LogP contribution in [0.5, 0.6) is 0 Å². The first-order valence-corrected chi connectivity index (χ1v) is 8.16. The SMILES string of the molecule is CN=C(NCCCOC(C)C)NCC(C)c1ccsc1.I. The fraction of sp³-hybridized carbons (Fsp3) is 0.667. The average Bonchev–Trinajstić information content (AvgIpc) is 2.95. The Hall–Kier alpha value is -0.340. The first-order valence-electron chi connectivity index (χ1n) is 7.21. The number of rotatable bonds is 8. The molecule has 0 bridgehead atoms. The molecule has 1 rings (SSSR count). The molecule has 1 aromatic rings. The lowest BCUT2D eigenvalue weighted by Gasteiger charge is -2.15. The third kappa shape index (κ3) is 9.31. The Morgan fingerprint density at radius 2 is 2.10 bits per heavy atom. The van der Waals surface area contributed by atoms with E-state index in [0.29, 0.717) is 12.0 Å². The van der Waals surface area contributed by atoms with Gasteiger partial charge in [0.2, 0.25) is 0 Å². The van der Waals surface area contributed by atoms with Gasteiger partial charge < -0.3 is 15.4 Å². The quantitative estimate of drug-likeness (QED) is 0.290. The average molecular weight is 425 g/mol. The number of ether oxygens (including phenoxy) is 1. The van der Waals surface area contributed by atoms with Crippen molar-refractivity contribution in [3.63, 3.8) is 0 Å². The second-order valence-corrected chi connectivity index (χ2v) is 5.89. The zero-order chi connectivity index (χ0) is 14.8. The molecule has 0 aromatic carbocycles. The van der Waals surface area contributed by atoms with Crippen molar-refractivity contribution < 1.29 is 4.74 Å². The summed E-state index contributed by atoms with van der Waals surface area (Å²) < 4.78 is 5.51. The lowest BCUT2D eigenvalue weighted by molar-refractivity contribution is 0.0776. The normalized spacial score (nSPS) is 12.9. The van der Waals surface area contributed by atoms with Crippen LogP contribution < -0.4 is 10.6 Å². The van der Waals surface area contributed by atoms with Crippen molar-refractivity contribution in [1.82, 2.24) is 10.6 Å². The molecular weight excluding hydrogens is 397 g/mol. The fourth-order valence-corrected chi connectivity index (χ4v) is 2.52. The van der Waals surface area contributed by atoms with Crippen molar-refractivity contribution in [3.8, 4) is 0 Å². The molecule has 1 atom stereocenters. The molecule has 0 aliphatic heterocycles. The van der Waals surface area contributed by atoms with Crippen molar-refractivity contribution in [1.29, 1.82) is 0 Å². The van der Waals surface area contributed by atoms with Crippen LogP contribution in [0.15, 0.2) is 21.8 Å². The molecule has 2 N–H and O–H groups in total. The number of thiophene rings is 1. The van der Waals surface area contributed by atoms with Crippen LogP contribution in [0.3, 0.4) is 0 Å². The Morgan fingerprint density at radius 3 is 2.67 bits per heavy atom. The van der Waals surface area contributed by atoms with Gasteiger partial charge in [-0.3, -0.25) is 4.99 Å². The standard InChI is InChI=1S/C15H27N3OS.HI/c1-12(2)19-8-5-7-17-15(16-4)18-10-13(3)14-6-9-20-11-14;/h6,9,11-13H,5,7-8,10H2,1-4H3,(H2,16,17,18);1H. The molecule has 0 fully saturated rings. The van der Waals surface area contributed by atoms with Gasteiger partial charge in [-0.1, -0.05) is 6.92 Å². The summed E-state index contributed by atoms with van der Waals surface area (Å²) in [5.74, 6) is 1.35. The molecule has 1 unspecified atom stereocenters. The molecule has 0 aliphatic rings. The molecule has 4 nitrogen and oxygen atoms in total. The molecule has 0 radical (unpaired) electrons. The molecule has 1 aromatic heterocycles. The number of aliphatic imine (C=N–C) groups is 1. The third-order valence-corrected chi connectivity index (χ3v) is 3.68. The summed E-state index contributed by atoms with van der Waals surface area (Å²) in [6.45, 7) is 8.88. The summed E-state index contributed by atoms with van der Waals surface area (Å²) in [7, 11) is 1.80. The Balaban J connectivity index is 0.00000400. The van der Waals surface area contributed by atoms with Crippen LogP contribution in [0, 0.1) is 0 Å². The maximum absolute atomic E-state index is 5.51. The van der Waals surface area contributed by atoms with E-state index >= 15 is 0 Å². The minimum atomic E-state index is 0. The van der Waals surface area contributed by atoms with Crippen molar-refractivity contribution in [2.24, 2.45) is 4.99 Å². The van der Waals surface area contributed by atoms with Crippen LogP contribution in [-0.4, -0.2) is 38.8 Å². The van der Waals surface area contributed by atoms with Crippen LogP contribution in [-0.2, 0) is 4.74 Å². The van der Waals surface area contributed by atoms with E-state index in [9.17, 15) is 0 Å². The lowest BCUT2D eigenvalue weighted by Crippen LogP contribution is -2.39. The molecule has 0 saturated carbocycles. The predicted molar refractivity (Wildman–Crippen MR) is 103 cm³/mol. The smallest absolute Gasteiger partial charge is 0.190 e.